The number of pyridine rings is 1. The van der Waals surface area contributed by atoms with Crippen LogP contribution in [0.2, 0.25) is 0 Å². The molecule has 1 N–H and O–H groups in total. The Kier molecular flexibility index (Phi) is 5.33. The average Bonchev–Trinajstić information content (AvgIpc) is 2.84. The molecule has 0 aliphatic heterocycles. The van der Waals surface area contributed by atoms with Crippen molar-refractivity contribution in [2.24, 2.45) is 5.92 Å². The van der Waals surface area contributed by atoms with Crippen LogP contribution in [0.15, 0.2) is 30.7 Å². The third kappa shape index (κ3) is 4.52. The Morgan fingerprint density at radius 1 is 1.33 bits per heavy atom. The number of halogens is 1. The quantitative estimate of drug-likeness (QED) is 0.832. The summed E-state index contributed by atoms with van der Waals surface area (Å²) in [6, 6.07) is 3.55. The molecule has 0 aliphatic rings. The van der Waals surface area contributed by atoms with Crippen LogP contribution < -0.4 is 4.72 Å². The summed E-state index contributed by atoms with van der Waals surface area (Å²) >= 11 is -1.06. The minimum atomic E-state index is -1.06. The van der Waals surface area contributed by atoms with E-state index in [1.807, 2.05) is 26.8 Å². The Bertz CT molecular complexity index is 573. The first-order valence-corrected chi connectivity index (χ1v) is 8.08. The van der Waals surface area contributed by atoms with Crippen LogP contribution >= 0.6 is 0 Å². The van der Waals surface area contributed by atoms with Crippen LogP contribution in [0.1, 0.15) is 32.4 Å². The highest BCUT2D eigenvalue weighted by atomic mass is 32.2. The summed E-state index contributed by atoms with van der Waals surface area (Å²) < 4.78 is 29.2. The van der Waals surface area contributed by atoms with Crippen molar-refractivity contribution in [2.75, 3.05) is 5.75 Å². The van der Waals surface area contributed by atoms with E-state index in [-0.39, 0.29) is 6.04 Å². The molecule has 0 aliphatic carbocycles. The van der Waals surface area contributed by atoms with Gasteiger partial charge in [-0.05, 0) is 24.5 Å². The number of aromatic nitrogens is 3. The minimum absolute atomic E-state index is 0.0690. The highest BCUT2D eigenvalue weighted by Gasteiger charge is 2.15. The zero-order valence-electron chi connectivity index (χ0n) is 12.3. The fraction of sp³-hybridized carbons (Fsp3) is 0.429. The predicted octanol–water partition coefficient (Wildman–Crippen LogP) is 2.38. The van der Waals surface area contributed by atoms with Crippen molar-refractivity contribution in [1.29, 1.82) is 0 Å². The van der Waals surface area contributed by atoms with Gasteiger partial charge in [0.15, 0.2) is 11.6 Å². The monoisotopic (exact) mass is 310 g/mol. The Morgan fingerprint density at radius 2 is 2.10 bits per heavy atom. The Hall–Kier alpha value is -1.44. The molecule has 5 nitrogen and oxygen atoms in total. The first-order chi connectivity index (χ1) is 9.95. The van der Waals surface area contributed by atoms with Gasteiger partial charge >= 0.3 is 0 Å². The fourth-order valence-electron chi connectivity index (χ4n) is 1.83. The standard InChI is InChI=1S/C14H19FN4OS/c1-10(2)9-21(20)18-11(3)12-4-5-14(16-6-12)19-8-13(15)7-17-19/h4-8,10-11,18H,9H2,1-3H3/t11?,21-/m0/s1. The highest BCUT2D eigenvalue weighted by Crippen LogP contribution is 2.15. The molecule has 21 heavy (non-hydrogen) atoms. The summed E-state index contributed by atoms with van der Waals surface area (Å²) in [6.07, 6.45) is 4.08. The minimum Gasteiger partial charge on any atom is -0.598 e. The molecule has 114 valence electrons. The van der Waals surface area contributed by atoms with Gasteiger partial charge in [-0.25, -0.2) is 14.1 Å². The molecule has 0 spiro atoms. The lowest BCUT2D eigenvalue weighted by atomic mass is 10.1. The molecule has 7 heteroatoms. The molecular formula is C14H19FN4OS. The first kappa shape index (κ1) is 15.9. The molecular weight excluding hydrogens is 291 g/mol. The largest absolute Gasteiger partial charge is 0.598 e. The summed E-state index contributed by atoms with van der Waals surface area (Å²) in [5, 5.41) is 3.86. The van der Waals surface area contributed by atoms with E-state index in [0.717, 1.165) is 11.8 Å². The van der Waals surface area contributed by atoms with Crippen LogP contribution in [0, 0.1) is 11.7 Å². The lowest BCUT2D eigenvalue weighted by molar-refractivity contribution is 0.553. The Morgan fingerprint density at radius 3 is 2.62 bits per heavy atom. The van der Waals surface area contributed by atoms with Gasteiger partial charge in [-0.1, -0.05) is 19.9 Å². The van der Waals surface area contributed by atoms with Gasteiger partial charge in [-0.3, -0.25) is 0 Å². The summed E-state index contributed by atoms with van der Waals surface area (Å²) in [7, 11) is 0. The first-order valence-electron chi connectivity index (χ1n) is 6.76. The highest BCUT2D eigenvalue weighted by molar-refractivity contribution is 7.89. The molecule has 2 aromatic rings. The molecule has 2 aromatic heterocycles. The van der Waals surface area contributed by atoms with E-state index in [9.17, 15) is 8.94 Å². The van der Waals surface area contributed by atoms with Crippen molar-refractivity contribution in [1.82, 2.24) is 19.5 Å². The second-order valence-electron chi connectivity index (χ2n) is 5.30. The van der Waals surface area contributed by atoms with E-state index in [2.05, 4.69) is 14.8 Å². The maximum atomic E-state index is 12.9. The molecule has 1 unspecified atom stereocenters. The van der Waals surface area contributed by atoms with Crippen molar-refractivity contribution in [3.63, 3.8) is 0 Å². The van der Waals surface area contributed by atoms with E-state index in [1.54, 1.807) is 12.3 Å². The summed E-state index contributed by atoms with van der Waals surface area (Å²) in [5.74, 6) is 1.13. The van der Waals surface area contributed by atoms with Crippen molar-refractivity contribution >= 4 is 11.4 Å². The second-order valence-corrected chi connectivity index (χ2v) is 6.56. The predicted molar refractivity (Wildman–Crippen MR) is 80.7 cm³/mol. The molecule has 0 radical (unpaired) electrons. The molecule has 0 fully saturated rings. The molecule has 0 saturated carbocycles. The summed E-state index contributed by atoms with van der Waals surface area (Å²) in [5.41, 5.74) is 0.920. The molecule has 0 aromatic carbocycles. The van der Waals surface area contributed by atoms with Gasteiger partial charge in [-0.15, -0.1) is 4.72 Å². The van der Waals surface area contributed by atoms with E-state index in [4.69, 9.17) is 0 Å². The molecule has 2 heterocycles. The van der Waals surface area contributed by atoms with Gasteiger partial charge in [-0.2, -0.15) is 5.10 Å². The number of rotatable bonds is 6. The van der Waals surface area contributed by atoms with Gasteiger partial charge in [0.2, 0.25) is 0 Å². The van der Waals surface area contributed by atoms with Crippen LogP contribution in [0.3, 0.4) is 0 Å². The number of nitrogens with zero attached hydrogens (tertiary/aromatic N) is 3. The van der Waals surface area contributed by atoms with Gasteiger partial charge < -0.3 is 4.55 Å². The number of hydrogen-bond donors (Lipinski definition) is 1. The van der Waals surface area contributed by atoms with Crippen LogP contribution in [0.4, 0.5) is 4.39 Å². The third-order valence-electron chi connectivity index (χ3n) is 2.85. The van der Waals surface area contributed by atoms with E-state index < -0.39 is 17.2 Å². The second kappa shape index (κ2) is 7.02. The molecule has 0 amide bonds. The van der Waals surface area contributed by atoms with Crippen molar-refractivity contribution in [3.05, 3.63) is 42.1 Å². The lowest BCUT2D eigenvalue weighted by Crippen LogP contribution is -2.31. The zero-order valence-corrected chi connectivity index (χ0v) is 13.1. The Balaban J connectivity index is 2.01. The molecule has 0 saturated heterocycles. The molecule has 0 bridgehead atoms. The van der Waals surface area contributed by atoms with Crippen LogP contribution in [0.5, 0.6) is 0 Å². The van der Waals surface area contributed by atoms with Crippen LogP contribution in [-0.2, 0) is 11.4 Å². The third-order valence-corrected chi connectivity index (χ3v) is 4.44. The maximum Gasteiger partial charge on any atom is 0.161 e. The van der Waals surface area contributed by atoms with Gasteiger partial charge in [0.1, 0.15) is 5.75 Å². The molecule has 2 atom stereocenters. The van der Waals surface area contributed by atoms with E-state index in [1.165, 1.54) is 10.9 Å². The zero-order chi connectivity index (χ0) is 15.4. The normalized spacial score (nSPS) is 14.4. The van der Waals surface area contributed by atoms with E-state index in [0.29, 0.717) is 17.5 Å². The number of hydrogen-bond acceptors (Lipinski definition) is 4. The fourth-order valence-corrected chi connectivity index (χ4v) is 3.06. The lowest BCUT2D eigenvalue weighted by Gasteiger charge is -2.18. The van der Waals surface area contributed by atoms with Crippen molar-refractivity contribution < 1.29 is 8.94 Å². The SMILES string of the molecule is CC(C)C[S@+]([O-])NC(C)c1ccc(-n2cc(F)cn2)nc1. The van der Waals surface area contributed by atoms with E-state index >= 15 is 0 Å². The van der Waals surface area contributed by atoms with Crippen molar-refractivity contribution in [2.45, 2.75) is 26.8 Å². The molecule has 2 rings (SSSR count). The van der Waals surface area contributed by atoms with Gasteiger partial charge in [0.05, 0.1) is 18.4 Å². The smallest absolute Gasteiger partial charge is 0.161 e. The van der Waals surface area contributed by atoms with Gasteiger partial charge in [0.25, 0.3) is 0 Å². The van der Waals surface area contributed by atoms with Gasteiger partial charge in [0, 0.05) is 17.6 Å². The maximum absolute atomic E-state index is 12.9. The Labute approximate surface area is 126 Å². The topological polar surface area (TPSA) is 65.8 Å². The number of nitrogens with one attached hydrogen (secondary N) is 1. The van der Waals surface area contributed by atoms with Crippen molar-refractivity contribution in [3.8, 4) is 5.82 Å². The summed E-state index contributed by atoms with van der Waals surface area (Å²) in [6.45, 7) is 6.00. The van der Waals surface area contributed by atoms with Crippen LogP contribution in [0.25, 0.3) is 5.82 Å². The summed E-state index contributed by atoms with van der Waals surface area (Å²) in [4.78, 5) is 4.25. The average molecular weight is 310 g/mol. The van der Waals surface area contributed by atoms with Crippen LogP contribution in [-0.4, -0.2) is 25.1 Å².